The van der Waals surface area contributed by atoms with Crippen molar-refractivity contribution in [1.29, 1.82) is 0 Å². The lowest BCUT2D eigenvalue weighted by atomic mass is 10.1. The molecule has 1 aromatic heterocycles. The fraction of sp³-hybridized carbons (Fsp3) is 0. The SMILES string of the molecule is C#Cc1ccccc1-c1nc(N)c2ccccc2n1. The summed E-state index contributed by atoms with van der Waals surface area (Å²) in [5.74, 6) is 3.67. The Morgan fingerprint density at radius 2 is 1.68 bits per heavy atom. The summed E-state index contributed by atoms with van der Waals surface area (Å²) in [7, 11) is 0. The van der Waals surface area contributed by atoms with Crippen LogP contribution in [0.3, 0.4) is 0 Å². The minimum atomic E-state index is 0.465. The predicted molar refractivity (Wildman–Crippen MR) is 77.3 cm³/mol. The molecular weight excluding hydrogens is 234 g/mol. The maximum absolute atomic E-state index is 5.98. The van der Waals surface area contributed by atoms with Gasteiger partial charge in [0.25, 0.3) is 0 Å². The van der Waals surface area contributed by atoms with Crippen molar-refractivity contribution in [2.75, 3.05) is 5.73 Å². The normalized spacial score (nSPS) is 10.3. The zero-order valence-electron chi connectivity index (χ0n) is 10.2. The van der Waals surface area contributed by atoms with Crippen molar-refractivity contribution in [1.82, 2.24) is 9.97 Å². The van der Waals surface area contributed by atoms with Crippen LogP contribution in [0.15, 0.2) is 48.5 Å². The molecule has 90 valence electrons. The van der Waals surface area contributed by atoms with Gasteiger partial charge >= 0.3 is 0 Å². The van der Waals surface area contributed by atoms with Crippen molar-refractivity contribution in [2.24, 2.45) is 0 Å². The summed E-state index contributed by atoms with van der Waals surface area (Å²) in [6, 6.07) is 15.2. The average molecular weight is 245 g/mol. The van der Waals surface area contributed by atoms with Crippen LogP contribution in [0.25, 0.3) is 22.3 Å². The molecule has 3 aromatic rings. The lowest BCUT2D eigenvalue weighted by Gasteiger charge is -2.06. The molecule has 0 radical (unpaired) electrons. The number of aromatic nitrogens is 2. The first-order chi connectivity index (χ1) is 9.29. The third-order valence-corrected chi connectivity index (χ3v) is 2.96. The highest BCUT2D eigenvalue weighted by atomic mass is 14.9. The fourth-order valence-electron chi connectivity index (χ4n) is 2.03. The third kappa shape index (κ3) is 1.90. The maximum atomic E-state index is 5.98. The first-order valence-corrected chi connectivity index (χ1v) is 5.88. The van der Waals surface area contributed by atoms with Crippen molar-refractivity contribution >= 4 is 16.7 Å². The molecule has 2 N–H and O–H groups in total. The topological polar surface area (TPSA) is 51.8 Å². The second-order valence-corrected chi connectivity index (χ2v) is 4.14. The number of rotatable bonds is 1. The van der Waals surface area contributed by atoms with Gasteiger partial charge in [0.15, 0.2) is 5.82 Å². The summed E-state index contributed by atoms with van der Waals surface area (Å²) >= 11 is 0. The quantitative estimate of drug-likeness (QED) is 0.671. The molecule has 3 nitrogen and oxygen atoms in total. The molecule has 3 rings (SSSR count). The molecule has 0 spiro atoms. The molecular formula is C16H11N3. The van der Waals surface area contributed by atoms with E-state index in [4.69, 9.17) is 12.2 Å². The van der Waals surface area contributed by atoms with Crippen LogP contribution in [0.1, 0.15) is 5.56 Å². The standard InChI is InChI=1S/C16H11N3/c1-2-11-7-3-4-8-12(11)16-18-14-10-6-5-9-13(14)15(17)19-16/h1,3-10H,(H2,17,18,19). The molecule has 3 heteroatoms. The van der Waals surface area contributed by atoms with Gasteiger partial charge in [-0.1, -0.05) is 30.2 Å². The molecule has 0 aliphatic rings. The van der Waals surface area contributed by atoms with Crippen LogP contribution in [0.4, 0.5) is 5.82 Å². The second kappa shape index (κ2) is 4.43. The number of benzene rings is 2. The van der Waals surface area contributed by atoms with E-state index in [-0.39, 0.29) is 0 Å². The number of fused-ring (bicyclic) bond motifs is 1. The summed E-state index contributed by atoms with van der Waals surface area (Å²) in [5, 5.41) is 0.851. The van der Waals surface area contributed by atoms with E-state index >= 15 is 0 Å². The lowest BCUT2D eigenvalue weighted by molar-refractivity contribution is 1.23. The second-order valence-electron chi connectivity index (χ2n) is 4.14. The van der Waals surface area contributed by atoms with Crippen molar-refractivity contribution < 1.29 is 0 Å². The van der Waals surface area contributed by atoms with Crippen LogP contribution in [0, 0.1) is 12.3 Å². The predicted octanol–water partition coefficient (Wildman–Crippen LogP) is 2.86. The molecule has 2 aromatic carbocycles. The summed E-state index contributed by atoms with van der Waals surface area (Å²) in [6.07, 6.45) is 5.50. The van der Waals surface area contributed by atoms with Crippen LogP contribution in [-0.4, -0.2) is 9.97 Å². The third-order valence-electron chi connectivity index (χ3n) is 2.96. The zero-order chi connectivity index (χ0) is 13.2. The Morgan fingerprint density at radius 1 is 0.947 bits per heavy atom. The van der Waals surface area contributed by atoms with Crippen LogP contribution >= 0.6 is 0 Å². The Labute approximate surface area is 111 Å². The molecule has 0 bridgehead atoms. The highest BCUT2D eigenvalue weighted by Crippen LogP contribution is 2.24. The summed E-state index contributed by atoms with van der Waals surface area (Å²) in [5.41, 5.74) is 8.38. The van der Waals surface area contributed by atoms with Gasteiger partial charge in [0.05, 0.1) is 5.52 Å². The maximum Gasteiger partial charge on any atom is 0.163 e. The summed E-state index contributed by atoms with van der Waals surface area (Å²) in [6.45, 7) is 0. The number of hydrogen-bond acceptors (Lipinski definition) is 3. The van der Waals surface area contributed by atoms with Gasteiger partial charge < -0.3 is 5.73 Å². The van der Waals surface area contributed by atoms with Crippen LogP contribution < -0.4 is 5.73 Å². The van der Waals surface area contributed by atoms with Gasteiger partial charge in [-0.05, 0) is 24.3 Å². The molecule has 0 aliphatic carbocycles. The van der Waals surface area contributed by atoms with Crippen molar-refractivity contribution in [3.63, 3.8) is 0 Å². The minimum Gasteiger partial charge on any atom is -0.383 e. The van der Waals surface area contributed by atoms with Crippen molar-refractivity contribution in [2.45, 2.75) is 0 Å². The summed E-state index contributed by atoms with van der Waals surface area (Å²) in [4.78, 5) is 8.88. The van der Waals surface area contributed by atoms with Gasteiger partial charge in [-0.15, -0.1) is 6.42 Å². The minimum absolute atomic E-state index is 0.465. The molecule has 0 fully saturated rings. The molecule has 0 atom stereocenters. The molecule has 0 unspecified atom stereocenters. The largest absolute Gasteiger partial charge is 0.383 e. The van der Waals surface area contributed by atoms with E-state index in [1.54, 1.807) is 0 Å². The number of terminal acetylenes is 1. The van der Waals surface area contributed by atoms with E-state index in [1.807, 2.05) is 48.5 Å². The van der Waals surface area contributed by atoms with Crippen molar-refractivity contribution in [3.8, 4) is 23.7 Å². The number of nitrogens with two attached hydrogens (primary N) is 1. The lowest BCUT2D eigenvalue weighted by Crippen LogP contribution is -1.98. The highest BCUT2D eigenvalue weighted by molar-refractivity contribution is 5.89. The first-order valence-electron chi connectivity index (χ1n) is 5.88. The first kappa shape index (κ1) is 11.2. The van der Waals surface area contributed by atoms with E-state index in [1.165, 1.54) is 0 Å². The molecule has 1 heterocycles. The number of hydrogen-bond donors (Lipinski definition) is 1. The zero-order valence-corrected chi connectivity index (χ0v) is 10.2. The molecule has 0 saturated heterocycles. The molecule has 0 amide bonds. The Bertz CT molecular complexity index is 800. The van der Waals surface area contributed by atoms with Gasteiger partial charge in [-0.3, -0.25) is 0 Å². The fourth-order valence-corrected chi connectivity index (χ4v) is 2.03. The van der Waals surface area contributed by atoms with E-state index in [0.717, 1.165) is 22.0 Å². The monoisotopic (exact) mass is 245 g/mol. The van der Waals surface area contributed by atoms with Gasteiger partial charge in [-0.2, -0.15) is 0 Å². The average Bonchev–Trinajstić information content (AvgIpc) is 2.47. The Balaban J connectivity index is 2.29. The Morgan fingerprint density at radius 3 is 2.53 bits per heavy atom. The number of nitrogens with zero attached hydrogens (tertiary/aromatic N) is 2. The van der Waals surface area contributed by atoms with E-state index < -0.39 is 0 Å². The van der Waals surface area contributed by atoms with Gasteiger partial charge in [0.1, 0.15) is 5.82 Å². The molecule has 19 heavy (non-hydrogen) atoms. The van der Waals surface area contributed by atoms with E-state index in [2.05, 4.69) is 15.9 Å². The van der Waals surface area contributed by atoms with Crippen LogP contribution in [0.5, 0.6) is 0 Å². The Hall–Kier alpha value is -2.86. The van der Waals surface area contributed by atoms with Crippen LogP contribution in [-0.2, 0) is 0 Å². The molecule has 0 aliphatic heterocycles. The summed E-state index contributed by atoms with van der Waals surface area (Å²) < 4.78 is 0. The smallest absolute Gasteiger partial charge is 0.163 e. The number of nitrogen functional groups attached to an aromatic ring is 1. The van der Waals surface area contributed by atoms with Gasteiger partial charge in [-0.25, -0.2) is 9.97 Å². The van der Waals surface area contributed by atoms with Gasteiger partial charge in [0.2, 0.25) is 0 Å². The van der Waals surface area contributed by atoms with E-state index in [9.17, 15) is 0 Å². The van der Waals surface area contributed by atoms with Crippen LogP contribution in [0.2, 0.25) is 0 Å². The van der Waals surface area contributed by atoms with Gasteiger partial charge in [0, 0.05) is 16.5 Å². The molecule has 0 saturated carbocycles. The van der Waals surface area contributed by atoms with Crippen molar-refractivity contribution in [3.05, 3.63) is 54.1 Å². The van der Waals surface area contributed by atoms with E-state index in [0.29, 0.717) is 11.6 Å². The number of para-hydroxylation sites is 1. The Kier molecular flexibility index (Phi) is 2.62. The highest BCUT2D eigenvalue weighted by Gasteiger charge is 2.09. The number of anilines is 1.